The molecule has 2 aromatic heterocycles. The summed E-state index contributed by atoms with van der Waals surface area (Å²) in [6.07, 6.45) is 4.68. The summed E-state index contributed by atoms with van der Waals surface area (Å²) in [6.45, 7) is 1.77. The maximum atomic E-state index is 12.5. The Morgan fingerprint density at radius 2 is 1.97 bits per heavy atom. The molecule has 30 heavy (non-hydrogen) atoms. The fourth-order valence-electron chi connectivity index (χ4n) is 3.96. The summed E-state index contributed by atoms with van der Waals surface area (Å²) in [6, 6.07) is 15.4. The normalized spacial score (nSPS) is 17.0. The van der Waals surface area contributed by atoms with Gasteiger partial charge in [0.05, 0.1) is 10.9 Å². The standard InChI is InChI=1S/C21H19ClN4O2S2/c22-19-2-1-3-20-18(19)9-12-26(20)16-8-11-25(14-16)15-4-6-17(7-5-15)30(27,28)24-21-23-10-13-29-21/h1-7,9-10,12-13,16H,8,11,14H2,(H,23,24)/t16-/m0/s1. The van der Waals surface area contributed by atoms with Crippen LogP contribution in [0.5, 0.6) is 0 Å². The molecule has 154 valence electrons. The Morgan fingerprint density at radius 1 is 1.13 bits per heavy atom. The Bertz CT molecular complexity index is 1280. The van der Waals surface area contributed by atoms with Crippen LogP contribution in [-0.2, 0) is 10.0 Å². The van der Waals surface area contributed by atoms with E-state index in [1.54, 1.807) is 23.7 Å². The zero-order valence-corrected chi connectivity index (χ0v) is 18.3. The lowest BCUT2D eigenvalue weighted by molar-refractivity contribution is 0.571. The molecule has 2 aromatic carbocycles. The van der Waals surface area contributed by atoms with Gasteiger partial charge >= 0.3 is 0 Å². The Morgan fingerprint density at radius 3 is 2.73 bits per heavy atom. The van der Waals surface area contributed by atoms with E-state index < -0.39 is 10.0 Å². The summed E-state index contributed by atoms with van der Waals surface area (Å²) in [5, 5.41) is 3.93. The van der Waals surface area contributed by atoms with Crippen molar-refractivity contribution in [2.45, 2.75) is 17.4 Å². The van der Waals surface area contributed by atoms with Crippen molar-refractivity contribution in [1.82, 2.24) is 9.55 Å². The van der Waals surface area contributed by atoms with Crippen LogP contribution in [0, 0.1) is 0 Å². The Balaban J connectivity index is 1.33. The van der Waals surface area contributed by atoms with Gasteiger partial charge in [-0.1, -0.05) is 17.7 Å². The SMILES string of the molecule is O=S(=O)(Nc1nccs1)c1ccc(N2CC[C@H](n3ccc4c(Cl)cccc43)C2)cc1. The number of benzene rings is 2. The van der Waals surface area contributed by atoms with E-state index in [0.29, 0.717) is 11.2 Å². The molecule has 6 nitrogen and oxygen atoms in total. The minimum Gasteiger partial charge on any atom is -0.369 e. The summed E-state index contributed by atoms with van der Waals surface area (Å²) in [5.74, 6) is 0. The summed E-state index contributed by atoms with van der Waals surface area (Å²) in [7, 11) is -3.64. The van der Waals surface area contributed by atoms with E-state index >= 15 is 0 Å². The first-order valence-corrected chi connectivity index (χ1v) is 12.3. The number of anilines is 2. The van der Waals surface area contributed by atoms with Gasteiger partial charge in [-0.05, 0) is 48.9 Å². The van der Waals surface area contributed by atoms with Crippen molar-refractivity contribution in [3.05, 3.63) is 71.3 Å². The van der Waals surface area contributed by atoms with Crippen molar-refractivity contribution in [2.24, 2.45) is 0 Å². The van der Waals surface area contributed by atoms with Gasteiger partial charge in [-0.15, -0.1) is 11.3 Å². The molecule has 0 spiro atoms. The van der Waals surface area contributed by atoms with E-state index in [0.717, 1.165) is 41.1 Å². The first kappa shape index (κ1) is 19.4. The number of aromatic nitrogens is 2. The second-order valence-corrected chi connectivity index (χ2v) is 10.2. The van der Waals surface area contributed by atoms with Gasteiger partial charge in [-0.2, -0.15) is 0 Å². The van der Waals surface area contributed by atoms with E-state index in [1.165, 1.54) is 11.3 Å². The molecule has 4 aromatic rings. The molecule has 9 heteroatoms. The van der Waals surface area contributed by atoms with Crippen LogP contribution in [0.4, 0.5) is 10.8 Å². The van der Waals surface area contributed by atoms with Crippen LogP contribution in [0.25, 0.3) is 10.9 Å². The second kappa shape index (κ2) is 7.61. The van der Waals surface area contributed by atoms with Gasteiger partial charge < -0.3 is 9.47 Å². The molecule has 1 fully saturated rings. The predicted octanol–water partition coefficient (Wildman–Crippen LogP) is 5.00. The maximum Gasteiger partial charge on any atom is 0.263 e. The van der Waals surface area contributed by atoms with Crippen LogP contribution >= 0.6 is 22.9 Å². The molecule has 1 atom stereocenters. The van der Waals surface area contributed by atoms with Gasteiger partial charge in [0.25, 0.3) is 10.0 Å². The molecule has 1 aliphatic rings. The number of hydrogen-bond donors (Lipinski definition) is 1. The molecule has 0 amide bonds. The Hall–Kier alpha value is -2.55. The molecular formula is C21H19ClN4O2S2. The summed E-state index contributed by atoms with van der Waals surface area (Å²) in [5.41, 5.74) is 2.16. The molecule has 0 aliphatic carbocycles. The van der Waals surface area contributed by atoms with Gasteiger partial charge in [0, 0.05) is 52.5 Å². The largest absolute Gasteiger partial charge is 0.369 e. The number of thiazole rings is 1. The highest BCUT2D eigenvalue weighted by Gasteiger charge is 2.25. The van der Waals surface area contributed by atoms with Crippen molar-refractivity contribution in [3.63, 3.8) is 0 Å². The number of hydrogen-bond acceptors (Lipinski definition) is 5. The van der Waals surface area contributed by atoms with Crippen molar-refractivity contribution < 1.29 is 8.42 Å². The molecule has 1 saturated heterocycles. The van der Waals surface area contributed by atoms with E-state index in [-0.39, 0.29) is 4.90 Å². The van der Waals surface area contributed by atoms with Gasteiger partial charge in [-0.3, -0.25) is 4.72 Å². The number of fused-ring (bicyclic) bond motifs is 1. The molecule has 0 radical (unpaired) electrons. The molecular weight excluding hydrogens is 440 g/mol. The Kier molecular flexibility index (Phi) is 4.92. The topological polar surface area (TPSA) is 67.2 Å². The second-order valence-electron chi connectivity index (χ2n) is 7.22. The lowest BCUT2D eigenvalue weighted by Gasteiger charge is -2.20. The number of rotatable bonds is 5. The zero-order chi connectivity index (χ0) is 20.7. The molecule has 0 bridgehead atoms. The van der Waals surface area contributed by atoms with Crippen LogP contribution in [0.3, 0.4) is 0 Å². The minimum atomic E-state index is -3.64. The molecule has 0 saturated carbocycles. The number of nitrogens with zero attached hydrogens (tertiary/aromatic N) is 3. The Labute approximate surface area is 183 Å². The number of sulfonamides is 1. The van der Waals surface area contributed by atoms with Crippen LogP contribution < -0.4 is 9.62 Å². The monoisotopic (exact) mass is 458 g/mol. The third-order valence-corrected chi connectivity index (χ3v) is 7.93. The predicted molar refractivity (Wildman–Crippen MR) is 122 cm³/mol. The van der Waals surface area contributed by atoms with Gasteiger partial charge in [-0.25, -0.2) is 13.4 Å². The summed E-state index contributed by atoms with van der Waals surface area (Å²) in [4.78, 5) is 6.49. The van der Waals surface area contributed by atoms with Crippen molar-refractivity contribution in [1.29, 1.82) is 0 Å². The third-order valence-electron chi connectivity index (χ3n) is 5.43. The fraction of sp³-hybridized carbons (Fsp3) is 0.190. The third kappa shape index (κ3) is 3.55. The quantitative estimate of drug-likeness (QED) is 0.456. The zero-order valence-electron chi connectivity index (χ0n) is 15.9. The van der Waals surface area contributed by atoms with Crippen molar-refractivity contribution >= 4 is 54.7 Å². The van der Waals surface area contributed by atoms with Crippen molar-refractivity contribution in [2.75, 3.05) is 22.7 Å². The lowest BCUT2D eigenvalue weighted by Crippen LogP contribution is -2.21. The van der Waals surface area contributed by atoms with Crippen LogP contribution in [0.15, 0.2) is 71.2 Å². The summed E-state index contributed by atoms with van der Waals surface area (Å²) < 4.78 is 29.8. The average Bonchev–Trinajstić information content (AvgIpc) is 3.48. The first-order valence-electron chi connectivity index (χ1n) is 9.54. The van der Waals surface area contributed by atoms with E-state index in [4.69, 9.17) is 11.6 Å². The molecule has 0 unspecified atom stereocenters. The number of halogens is 1. The molecule has 1 aliphatic heterocycles. The smallest absolute Gasteiger partial charge is 0.263 e. The van der Waals surface area contributed by atoms with Gasteiger partial charge in [0.15, 0.2) is 5.13 Å². The van der Waals surface area contributed by atoms with E-state index in [9.17, 15) is 8.42 Å². The fourth-order valence-corrected chi connectivity index (χ4v) is 5.98. The van der Waals surface area contributed by atoms with Crippen LogP contribution in [-0.4, -0.2) is 31.1 Å². The van der Waals surface area contributed by atoms with E-state index in [1.807, 2.05) is 24.3 Å². The maximum absolute atomic E-state index is 12.5. The first-order chi connectivity index (χ1) is 14.5. The summed E-state index contributed by atoms with van der Waals surface area (Å²) >= 11 is 7.56. The molecule has 5 rings (SSSR count). The minimum absolute atomic E-state index is 0.225. The average molecular weight is 459 g/mol. The van der Waals surface area contributed by atoms with Gasteiger partial charge in [0.2, 0.25) is 0 Å². The van der Waals surface area contributed by atoms with Crippen LogP contribution in [0.2, 0.25) is 5.02 Å². The highest BCUT2D eigenvalue weighted by molar-refractivity contribution is 7.93. The molecule has 3 heterocycles. The highest BCUT2D eigenvalue weighted by atomic mass is 35.5. The van der Waals surface area contributed by atoms with Crippen LogP contribution in [0.1, 0.15) is 12.5 Å². The lowest BCUT2D eigenvalue weighted by atomic mass is 10.2. The van der Waals surface area contributed by atoms with Gasteiger partial charge in [0.1, 0.15) is 0 Å². The molecule has 1 N–H and O–H groups in total. The number of nitrogens with one attached hydrogen (secondary N) is 1. The van der Waals surface area contributed by atoms with E-state index in [2.05, 4.69) is 37.5 Å². The highest BCUT2D eigenvalue weighted by Crippen LogP contribution is 2.32. The van der Waals surface area contributed by atoms with Crippen molar-refractivity contribution in [3.8, 4) is 0 Å².